The van der Waals surface area contributed by atoms with E-state index in [1.165, 1.54) is 0 Å². The molecule has 0 aliphatic rings. The third-order valence-corrected chi connectivity index (χ3v) is 1.77. The summed E-state index contributed by atoms with van der Waals surface area (Å²) in [5, 5.41) is 0. The van der Waals surface area contributed by atoms with Crippen molar-refractivity contribution in [3.8, 4) is 0 Å². The van der Waals surface area contributed by atoms with E-state index < -0.39 is 0 Å². The Balaban J connectivity index is 3.02. The van der Waals surface area contributed by atoms with E-state index in [1.807, 2.05) is 6.07 Å². The average Bonchev–Trinajstić information content (AvgIpc) is 2.08. The van der Waals surface area contributed by atoms with E-state index in [9.17, 15) is 0 Å². The van der Waals surface area contributed by atoms with Crippen LogP contribution in [0.5, 0.6) is 0 Å². The highest BCUT2D eigenvalue weighted by Crippen LogP contribution is 2.18. The monoisotopic (exact) mass is 228 g/mol. The quantitative estimate of drug-likeness (QED) is 0.638. The minimum Gasteiger partial charge on any atom is -0.279 e. The SMILES string of the molecule is C=Cc1cc(Br)ncc1NOC. The van der Waals surface area contributed by atoms with Crippen LogP contribution in [0.25, 0.3) is 6.08 Å². The van der Waals surface area contributed by atoms with Crippen LogP contribution in [0, 0.1) is 0 Å². The van der Waals surface area contributed by atoms with Gasteiger partial charge in [0.15, 0.2) is 0 Å². The Kier molecular flexibility index (Phi) is 3.25. The lowest BCUT2D eigenvalue weighted by molar-refractivity contribution is 0.271. The zero-order chi connectivity index (χ0) is 8.97. The third kappa shape index (κ3) is 2.06. The molecule has 0 aromatic carbocycles. The minimum atomic E-state index is 0.777. The van der Waals surface area contributed by atoms with Gasteiger partial charge in [-0.25, -0.2) is 4.98 Å². The number of hydrogen-bond donors (Lipinski definition) is 1. The molecule has 0 radical (unpaired) electrons. The maximum absolute atomic E-state index is 4.76. The highest BCUT2D eigenvalue weighted by molar-refractivity contribution is 9.10. The van der Waals surface area contributed by atoms with Crippen molar-refractivity contribution in [2.45, 2.75) is 0 Å². The fourth-order valence-electron chi connectivity index (χ4n) is 0.808. The number of hydrogen-bond acceptors (Lipinski definition) is 3. The first-order valence-electron chi connectivity index (χ1n) is 3.35. The highest BCUT2D eigenvalue weighted by Gasteiger charge is 1.99. The first-order valence-corrected chi connectivity index (χ1v) is 4.14. The van der Waals surface area contributed by atoms with Gasteiger partial charge in [0.25, 0.3) is 0 Å². The summed E-state index contributed by atoms with van der Waals surface area (Å²) >= 11 is 3.26. The molecule has 12 heavy (non-hydrogen) atoms. The van der Waals surface area contributed by atoms with Crippen LogP contribution in [0.15, 0.2) is 23.4 Å². The Morgan fingerprint density at radius 3 is 3.08 bits per heavy atom. The Morgan fingerprint density at radius 1 is 1.75 bits per heavy atom. The molecule has 1 aromatic heterocycles. The molecule has 4 heteroatoms. The molecule has 1 rings (SSSR count). The molecule has 0 amide bonds. The summed E-state index contributed by atoms with van der Waals surface area (Å²) < 4.78 is 0.777. The van der Waals surface area contributed by atoms with Gasteiger partial charge in [-0.2, -0.15) is 0 Å². The van der Waals surface area contributed by atoms with Gasteiger partial charge in [0.05, 0.1) is 19.0 Å². The van der Waals surface area contributed by atoms with Crippen molar-refractivity contribution in [2.75, 3.05) is 12.6 Å². The fraction of sp³-hybridized carbons (Fsp3) is 0.125. The molecule has 0 aliphatic heterocycles. The molecule has 1 heterocycles. The van der Waals surface area contributed by atoms with Crippen molar-refractivity contribution < 1.29 is 4.84 Å². The Bertz CT molecular complexity index is 288. The second-order valence-corrected chi connectivity index (χ2v) is 2.92. The zero-order valence-corrected chi connectivity index (χ0v) is 8.26. The summed E-state index contributed by atoms with van der Waals surface area (Å²) in [6.45, 7) is 3.67. The lowest BCUT2D eigenvalue weighted by Gasteiger charge is -2.05. The molecule has 0 bridgehead atoms. The van der Waals surface area contributed by atoms with Crippen LogP contribution >= 0.6 is 15.9 Å². The van der Waals surface area contributed by atoms with Crippen LogP contribution in [-0.4, -0.2) is 12.1 Å². The molecular weight excluding hydrogens is 220 g/mol. The van der Waals surface area contributed by atoms with E-state index in [0.29, 0.717) is 0 Å². The number of halogens is 1. The van der Waals surface area contributed by atoms with E-state index in [-0.39, 0.29) is 0 Å². The molecule has 1 aromatic rings. The number of pyridine rings is 1. The molecule has 0 unspecified atom stereocenters. The van der Waals surface area contributed by atoms with Gasteiger partial charge >= 0.3 is 0 Å². The predicted octanol–water partition coefficient (Wildman–Crippen LogP) is 2.46. The molecule has 64 valence electrons. The summed E-state index contributed by atoms with van der Waals surface area (Å²) in [5.74, 6) is 0. The van der Waals surface area contributed by atoms with Crippen LogP contribution in [-0.2, 0) is 4.84 Å². The van der Waals surface area contributed by atoms with Crippen LogP contribution in [0.1, 0.15) is 5.56 Å². The van der Waals surface area contributed by atoms with Crippen LogP contribution in [0.4, 0.5) is 5.69 Å². The summed E-state index contributed by atoms with van der Waals surface area (Å²) in [5.41, 5.74) is 4.44. The summed E-state index contributed by atoms with van der Waals surface area (Å²) in [7, 11) is 1.55. The number of rotatable bonds is 3. The third-order valence-electron chi connectivity index (χ3n) is 1.33. The second kappa shape index (κ2) is 4.23. The van der Waals surface area contributed by atoms with Crippen LogP contribution in [0.3, 0.4) is 0 Å². The summed E-state index contributed by atoms with van der Waals surface area (Å²) in [6, 6.07) is 1.86. The van der Waals surface area contributed by atoms with Gasteiger partial charge in [-0.15, -0.1) is 0 Å². The van der Waals surface area contributed by atoms with Crippen LogP contribution < -0.4 is 5.48 Å². The lowest BCUT2D eigenvalue weighted by Crippen LogP contribution is -1.98. The predicted molar refractivity (Wildman–Crippen MR) is 52.7 cm³/mol. The van der Waals surface area contributed by atoms with Crippen LogP contribution in [0.2, 0.25) is 0 Å². The molecule has 3 nitrogen and oxygen atoms in total. The van der Waals surface area contributed by atoms with Crippen molar-refractivity contribution in [3.05, 3.63) is 29.0 Å². The topological polar surface area (TPSA) is 34.2 Å². The summed E-state index contributed by atoms with van der Waals surface area (Å²) in [4.78, 5) is 8.79. The lowest BCUT2D eigenvalue weighted by atomic mass is 10.2. The number of aromatic nitrogens is 1. The van der Waals surface area contributed by atoms with Gasteiger partial charge in [-0.1, -0.05) is 12.7 Å². The highest BCUT2D eigenvalue weighted by atomic mass is 79.9. The molecule has 0 spiro atoms. The maximum atomic E-state index is 4.76. The van der Waals surface area contributed by atoms with Gasteiger partial charge < -0.3 is 0 Å². The van der Waals surface area contributed by atoms with Crippen molar-refractivity contribution >= 4 is 27.7 Å². The number of nitrogens with zero attached hydrogens (tertiary/aromatic N) is 1. The minimum absolute atomic E-state index is 0.777. The Labute approximate surface area is 79.5 Å². The van der Waals surface area contributed by atoms with Gasteiger partial charge in [0.1, 0.15) is 4.60 Å². The molecule has 0 saturated carbocycles. The first-order chi connectivity index (χ1) is 5.77. The first kappa shape index (κ1) is 9.22. The van der Waals surface area contributed by atoms with E-state index in [1.54, 1.807) is 19.4 Å². The van der Waals surface area contributed by atoms with E-state index in [4.69, 9.17) is 4.84 Å². The van der Waals surface area contributed by atoms with Crippen molar-refractivity contribution in [3.63, 3.8) is 0 Å². The van der Waals surface area contributed by atoms with E-state index >= 15 is 0 Å². The zero-order valence-electron chi connectivity index (χ0n) is 6.67. The molecule has 1 N–H and O–H groups in total. The number of nitrogens with one attached hydrogen (secondary N) is 1. The number of anilines is 1. The molecule has 0 fully saturated rings. The standard InChI is InChI=1S/C8H9BrN2O/c1-3-6-4-8(9)10-5-7(6)11-12-2/h3-5,11H,1H2,2H3. The van der Waals surface area contributed by atoms with Gasteiger partial charge in [0.2, 0.25) is 0 Å². The molecule has 0 saturated heterocycles. The fourth-order valence-corrected chi connectivity index (χ4v) is 1.16. The largest absolute Gasteiger partial charge is 0.279 e. The van der Waals surface area contributed by atoms with Crippen molar-refractivity contribution in [1.29, 1.82) is 0 Å². The summed E-state index contributed by atoms with van der Waals surface area (Å²) in [6.07, 6.45) is 3.40. The smallest absolute Gasteiger partial charge is 0.106 e. The normalized spacial score (nSPS) is 9.50. The molecule has 0 atom stereocenters. The Hall–Kier alpha value is -0.870. The van der Waals surface area contributed by atoms with Gasteiger partial charge in [-0.05, 0) is 22.0 Å². The molecule has 0 aliphatic carbocycles. The second-order valence-electron chi connectivity index (χ2n) is 2.10. The van der Waals surface area contributed by atoms with Gasteiger partial charge in [-0.3, -0.25) is 10.3 Å². The maximum Gasteiger partial charge on any atom is 0.106 e. The molecular formula is C8H9BrN2O. The van der Waals surface area contributed by atoms with Gasteiger partial charge in [0, 0.05) is 5.56 Å². The Morgan fingerprint density at radius 2 is 2.50 bits per heavy atom. The van der Waals surface area contributed by atoms with E-state index in [0.717, 1.165) is 15.9 Å². The van der Waals surface area contributed by atoms with Crippen molar-refractivity contribution in [2.24, 2.45) is 0 Å². The van der Waals surface area contributed by atoms with Crippen molar-refractivity contribution in [1.82, 2.24) is 4.98 Å². The average molecular weight is 229 g/mol. The van der Waals surface area contributed by atoms with E-state index in [2.05, 4.69) is 33.0 Å².